The molecule has 0 amide bonds. The summed E-state index contributed by atoms with van der Waals surface area (Å²) in [6.07, 6.45) is 2.69. The van der Waals surface area contributed by atoms with E-state index in [2.05, 4.69) is 9.55 Å². The van der Waals surface area contributed by atoms with E-state index in [1.807, 2.05) is 37.3 Å². The molecule has 0 saturated heterocycles. The van der Waals surface area contributed by atoms with Gasteiger partial charge in [0.2, 0.25) is 11.5 Å². The largest absolute Gasteiger partial charge is 0.352 e. The predicted molar refractivity (Wildman–Crippen MR) is 112 cm³/mol. The number of allylic oxidation sites excluding steroid dienone is 3. The number of carbonyl (C=O) groups is 1. The highest BCUT2D eigenvalue weighted by Gasteiger charge is 2.22. The molecule has 0 heterocycles. The molecule has 1 aliphatic carbocycles. The number of nitrogens with zero attached hydrogens (tertiary/aromatic N) is 2. The van der Waals surface area contributed by atoms with Crippen LogP contribution in [0.15, 0.2) is 92.5 Å². The Bertz CT molecular complexity index is 1160. The molecule has 0 bridgehead atoms. The summed E-state index contributed by atoms with van der Waals surface area (Å²) in [4.78, 5) is 17.8. The lowest BCUT2D eigenvalue weighted by atomic mass is 10.0. The van der Waals surface area contributed by atoms with Crippen LogP contribution in [0.4, 0.5) is 0 Å². The predicted octanol–water partition coefficient (Wildman–Crippen LogP) is 3.98. The van der Waals surface area contributed by atoms with Crippen molar-refractivity contribution in [1.29, 1.82) is 0 Å². The molecular formula is C22H20N2O4S. The number of sulfonamides is 1. The topological polar surface area (TPSA) is 85.2 Å². The Morgan fingerprint density at radius 1 is 0.931 bits per heavy atom. The minimum Gasteiger partial charge on any atom is -0.352 e. The van der Waals surface area contributed by atoms with Crippen molar-refractivity contribution in [3.63, 3.8) is 0 Å². The quantitative estimate of drug-likeness (QED) is 0.425. The van der Waals surface area contributed by atoms with Crippen molar-refractivity contribution in [3.8, 4) is 0 Å². The highest BCUT2D eigenvalue weighted by molar-refractivity contribution is 7.90. The average molecular weight is 408 g/mol. The van der Waals surface area contributed by atoms with Crippen LogP contribution >= 0.6 is 0 Å². The van der Waals surface area contributed by atoms with Gasteiger partial charge in [0.05, 0.1) is 16.3 Å². The molecule has 1 aliphatic rings. The molecule has 2 aromatic carbocycles. The maximum atomic E-state index is 12.6. The van der Waals surface area contributed by atoms with E-state index in [1.54, 1.807) is 26.0 Å². The molecule has 29 heavy (non-hydrogen) atoms. The van der Waals surface area contributed by atoms with Crippen molar-refractivity contribution in [2.24, 2.45) is 9.55 Å². The molecule has 0 aliphatic heterocycles. The van der Waals surface area contributed by atoms with E-state index in [-0.39, 0.29) is 22.1 Å². The van der Waals surface area contributed by atoms with Crippen LogP contribution in [0.2, 0.25) is 0 Å². The van der Waals surface area contributed by atoms with E-state index >= 15 is 0 Å². The fourth-order valence-corrected chi connectivity index (χ4v) is 3.56. The molecule has 0 saturated carbocycles. The SMILES string of the molecule is CC1=CC(=NS(=O)(=O)c2ccc(C)cc2)C=C(O/N=C(/C)c2ccccc2)C1=O. The molecule has 7 heteroatoms. The lowest BCUT2D eigenvalue weighted by molar-refractivity contribution is -0.115. The Balaban J connectivity index is 1.90. The van der Waals surface area contributed by atoms with E-state index < -0.39 is 10.0 Å². The molecule has 0 spiro atoms. The highest BCUT2D eigenvalue weighted by Crippen LogP contribution is 2.19. The van der Waals surface area contributed by atoms with Crippen LogP contribution in [-0.2, 0) is 19.7 Å². The van der Waals surface area contributed by atoms with Crippen molar-refractivity contribution in [1.82, 2.24) is 0 Å². The fourth-order valence-electron chi connectivity index (χ4n) is 2.60. The molecule has 0 atom stereocenters. The maximum absolute atomic E-state index is 12.6. The molecule has 3 rings (SSSR count). The van der Waals surface area contributed by atoms with Gasteiger partial charge in [-0.25, -0.2) is 0 Å². The summed E-state index contributed by atoms with van der Waals surface area (Å²) in [7, 11) is -3.92. The number of oxime groups is 1. The monoisotopic (exact) mass is 408 g/mol. The zero-order chi connectivity index (χ0) is 21.0. The smallest absolute Gasteiger partial charge is 0.282 e. The van der Waals surface area contributed by atoms with Crippen LogP contribution in [0.25, 0.3) is 0 Å². The summed E-state index contributed by atoms with van der Waals surface area (Å²) < 4.78 is 29.0. The second-order valence-electron chi connectivity index (χ2n) is 6.60. The van der Waals surface area contributed by atoms with Crippen LogP contribution in [0.1, 0.15) is 25.0 Å². The Hall–Kier alpha value is -3.32. The van der Waals surface area contributed by atoms with Crippen LogP contribution in [0.3, 0.4) is 0 Å². The Kier molecular flexibility index (Phi) is 5.89. The Labute approximate surface area is 170 Å². The van der Waals surface area contributed by atoms with Crippen LogP contribution < -0.4 is 0 Å². The summed E-state index contributed by atoms with van der Waals surface area (Å²) in [5.74, 6) is -0.459. The van der Waals surface area contributed by atoms with Crippen LogP contribution in [0.5, 0.6) is 0 Å². The lowest BCUT2D eigenvalue weighted by Gasteiger charge is -2.11. The molecule has 0 unspecified atom stereocenters. The maximum Gasteiger partial charge on any atom is 0.282 e. The molecule has 148 valence electrons. The zero-order valence-electron chi connectivity index (χ0n) is 16.3. The van der Waals surface area contributed by atoms with Gasteiger partial charge in [0, 0.05) is 11.6 Å². The first kappa shape index (κ1) is 20.4. The number of hydrogen-bond donors (Lipinski definition) is 0. The van der Waals surface area contributed by atoms with Gasteiger partial charge in [-0.3, -0.25) is 4.79 Å². The normalized spacial score (nSPS) is 16.4. The van der Waals surface area contributed by atoms with Gasteiger partial charge in [0.25, 0.3) is 10.0 Å². The van der Waals surface area contributed by atoms with Gasteiger partial charge in [0.1, 0.15) is 0 Å². The molecule has 0 radical (unpaired) electrons. The third-order valence-corrected chi connectivity index (χ3v) is 5.56. The molecule has 0 aromatic heterocycles. The second kappa shape index (κ2) is 8.36. The number of benzene rings is 2. The summed E-state index contributed by atoms with van der Waals surface area (Å²) in [6, 6.07) is 15.7. The van der Waals surface area contributed by atoms with Gasteiger partial charge in [0.15, 0.2) is 0 Å². The third-order valence-electron chi connectivity index (χ3n) is 4.24. The van der Waals surface area contributed by atoms with E-state index in [9.17, 15) is 13.2 Å². The first-order valence-corrected chi connectivity index (χ1v) is 10.3. The van der Waals surface area contributed by atoms with Crippen molar-refractivity contribution in [3.05, 3.63) is 89.2 Å². The zero-order valence-corrected chi connectivity index (χ0v) is 17.1. The fraction of sp³-hybridized carbons (Fsp3) is 0.136. The van der Waals surface area contributed by atoms with Gasteiger partial charge in [-0.2, -0.15) is 12.8 Å². The van der Waals surface area contributed by atoms with Crippen molar-refractivity contribution in [2.75, 3.05) is 0 Å². The van der Waals surface area contributed by atoms with Crippen molar-refractivity contribution >= 4 is 27.2 Å². The number of ketones is 1. The average Bonchev–Trinajstić information content (AvgIpc) is 2.70. The molecule has 0 N–H and O–H groups in total. The van der Waals surface area contributed by atoms with E-state index in [4.69, 9.17) is 4.84 Å². The van der Waals surface area contributed by atoms with Crippen molar-refractivity contribution < 1.29 is 18.0 Å². The standard InChI is InChI=1S/C22H20N2O4S/c1-15-9-11-20(12-10-15)29(26,27)24-19-13-16(2)22(25)21(14-19)28-23-17(3)18-7-5-4-6-8-18/h4-14H,1-3H3/b23-17-,24-19?. The summed E-state index contributed by atoms with van der Waals surface area (Å²) in [6.45, 7) is 5.19. The first-order chi connectivity index (χ1) is 13.8. The third kappa shape index (κ3) is 4.94. The first-order valence-electron chi connectivity index (χ1n) is 8.89. The van der Waals surface area contributed by atoms with E-state index in [0.717, 1.165) is 11.1 Å². The summed E-state index contributed by atoms with van der Waals surface area (Å²) in [5, 5.41) is 4.00. The molecule has 6 nitrogen and oxygen atoms in total. The summed E-state index contributed by atoms with van der Waals surface area (Å²) in [5.41, 5.74) is 2.78. The number of aryl methyl sites for hydroxylation is 1. The molecule has 2 aromatic rings. The minimum atomic E-state index is -3.92. The molecular weight excluding hydrogens is 388 g/mol. The Morgan fingerprint density at radius 3 is 2.24 bits per heavy atom. The van der Waals surface area contributed by atoms with Crippen molar-refractivity contribution in [2.45, 2.75) is 25.7 Å². The lowest BCUT2D eigenvalue weighted by Crippen LogP contribution is -2.15. The van der Waals surface area contributed by atoms with E-state index in [0.29, 0.717) is 11.3 Å². The number of rotatable bonds is 5. The van der Waals surface area contributed by atoms with E-state index in [1.165, 1.54) is 24.3 Å². The van der Waals surface area contributed by atoms with Crippen LogP contribution in [0, 0.1) is 6.92 Å². The van der Waals surface area contributed by atoms with Gasteiger partial charge in [-0.05, 0) is 44.5 Å². The van der Waals surface area contributed by atoms with Gasteiger partial charge >= 0.3 is 0 Å². The minimum absolute atomic E-state index is 0.0763. The van der Waals surface area contributed by atoms with Crippen LogP contribution in [-0.4, -0.2) is 25.6 Å². The number of carbonyl (C=O) groups excluding carboxylic acids is 1. The number of Topliss-reactive ketones (excluding diaryl/α,β-unsaturated/α-hetero) is 1. The molecule has 0 fully saturated rings. The Morgan fingerprint density at radius 2 is 1.59 bits per heavy atom. The van der Waals surface area contributed by atoms with Gasteiger partial charge in [-0.15, -0.1) is 0 Å². The second-order valence-corrected chi connectivity index (χ2v) is 8.21. The number of hydrogen-bond acceptors (Lipinski definition) is 5. The highest BCUT2D eigenvalue weighted by atomic mass is 32.2. The van der Waals surface area contributed by atoms with Gasteiger partial charge < -0.3 is 4.84 Å². The van der Waals surface area contributed by atoms with Gasteiger partial charge in [-0.1, -0.05) is 53.2 Å². The summed E-state index contributed by atoms with van der Waals surface area (Å²) >= 11 is 0.